The molecule has 1 aromatic carbocycles. The van der Waals surface area contributed by atoms with Gasteiger partial charge in [-0.3, -0.25) is 4.79 Å². The molecule has 1 N–H and O–H groups in total. The summed E-state index contributed by atoms with van der Waals surface area (Å²) in [6.45, 7) is 3.50. The van der Waals surface area contributed by atoms with Crippen LogP contribution in [-0.4, -0.2) is 5.91 Å². The molecule has 0 fully saturated rings. The minimum atomic E-state index is -0.821. The highest BCUT2D eigenvalue weighted by molar-refractivity contribution is 6.06. The predicted molar refractivity (Wildman–Crippen MR) is 52.6 cm³/mol. The number of benzene rings is 1. The van der Waals surface area contributed by atoms with Gasteiger partial charge in [0, 0.05) is 6.07 Å². The fourth-order valence-electron chi connectivity index (χ4n) is 1.86. The topological polar surface area (TPSA) is 29.1 Å². The fourth-order valence-corrected chi connectivity index (χ4v) is 1.86. The maximum atomic E-state index is 13.3. The number of rotatable bonds is 1. The van der Waals surface area contributed by atoms with Crippen molar-refractivity contribution in [2.24, 2.45) is 0 Å². The van der Waals surface area contributed by atoms with Gasteiger partial charge in [-0.1, -0.05) is 6.92 Å². The smallest absolute Gasteiger partial charge is 0.234 e. The highest BCUT2D eigenvalue weighted by Gasteiger charge is 2.42. The van der Waals surface area contributed by atoms with Gasteiger partial charge < -0.3 is 5.32 Å². The van der Waals surface area contributed by atoms with Crippen molar-refractivity contribution < 1.29 is 13.6 Å². The van der Waals surface area contributed by atoms with Crippen molar-refractivity contribution in [1.82, 2.24) is 0 Å². The number of anilines is 1. The Morgan fingerprint density at radius 1 is 1.40 bits per heavy atom. The molecule has 80 valence electrons. The van der Waals surface area contributed by atoms with Crippen LogP contribution in [0.5, 0.6) is 0 Å². The minimum absolute atomic E-state index is 0.116. The summed E-state index contributed by atoms with van der Waals surface area (Å²) in [6, 6.07) is 2.00. The van der Waals surface area contributed by atoms with E-state index in [0.717, 1.165) is 6.07 Å². The second-order valence-corrected chi connectivity index (χ2v) is 3.95. The Morgan fingerprint density at radius 3 is 2.67 bits per heavy atom. The van der Waals surface area contributed by atoms with Crippen LogP contribution in [0.1, 0.15) is 25.8 Å². The van der Waals surface area contributed by atoms with Gasteiger partial charge in [0.15, 0.2) is 0 Å². The Hall–Kier alpha value is -1.45. The van der Waals surface area contributed by atoms with E-state index in [1.54, 1.807) is 6.92 Å². The second kappa shape index (κ2) is 3.02. The van der Waals surface area contributed by atoms with Gasteiger partial charge in [-0.2, -0.15) is 0 Å². The molecule has 1 amide bonds. The number of nitrogens with one attached hydrogen (secondary N) is 1. The Labute approximate surface area is 86.3 Å². The molecule has 1 aliphatic rings. The van der Waals surface area contributed by atoms with E-state index >= 15 is 0 Å². The number of amides is 1. The third-order valence-electron chi connectivity index (χ3n) is 3.10. The molecule has 0 aliphatic carbocycles. The van der Waals surface area contributed by atoms with Crippen molar-refractivity contribution in [2.75, 3.05) is 5.32 Å². The van der Waals surface area contributed by atoms with Crippen LogP contribution in [0, 0.1) is 11.6 Å². The van der Waals surface area contributed by atoms with E-state index in [1.165, 1.54) is 6.07 Å². The molecule has 1 unspecified atom stereocenters. The van der Waals surface area contributed by atoms with Crippen molar-refractivity contribution in [2.45, 2.75) is 25.7 Å². The lowest BCUT2D eigenvalue weighted by Crippen LogP contribution is -2.29. The number of carbonyl (C=O) groups is 1. The Bertz CT molecular complexity index is 444. The SMILES string of the molecule is CCC1(C)C(=O)Nc2c(F)cc(F)cc21. The van der Waals surface area contributed by atoms with Crippen LogP contribution in [0.15, 0.2) is 12.1 Å². The molecule has 4 heteroatoms. The summed E-state index contributed by atoms with van der Waals surface area (Å²) in [6.07, 6.45) is 0.509. The average Bonchev–Trinajstić information content (AvgIpc) is 2.43. The molecule has 1 heterocycles. The fraction of sp³-hybridized carbons (Fsp3) is 0.364. The van der Waals surface area contributed by atoms with Crippen LogP contribution in [-0.2, 0) is 10.2 Å². The highest BCUT2D eigenvalue weighted by Crippen LogP contribution is 2.41. The lowest BCUT2D eigenvalue weighted by molar-refractivity contribution is -0.120. The van der Waals surface area contributed by atoms with Crippen molar-refractivity contribution >= 4 is 11.6 Å². The van der Waals surface area contributed by atoms with Gasteiger partial charge in [0.2, 0.25) is 5.91 Å². The summed E-state index contributed by atoms with van der Waals surface area (Å²) in [7, 11) is 0. The monoisotopic (exact) mass is 211 g/mol. The summed E-state index contributed by atoms with van der Waals surface area (Å²) in [5, 5.41) is 2.45. The molecular weight excluding hydrogens is 200 g/mol. The van der Waals surface area contributed by atoms with Gasteiger partial charge in [0.1, 0.15) is 11.6 Å². The van der Waals surface area contributed by atoms with E-state index in [2.05, 4.69) is 5.32 Å². The van der Waals surface area contributed by atoms with Crippen LogP contribution < -0.4 is 5.32 Å². The average molecular weight is 211 g/mol. The first-order valence-corrected chi connectivity index (χ1v) is 4.80. The number of fused-ring (bicyclic) bond motifs is 1. The van der Waals surface area contributed by atoms with Crippen molar-refractivity contribution in [3.05, 3.63) is 29.3 Å². The van der Waals surface area contributed by atoms with E-state index in [4.69, 9.17) is 0 Å². The van der Waals surface area contributed by atoms with E-state index in [1.807, 2.05) is 6.92 Å². The normalized spacial score (nSPS) is 23.9. The molecule has 0 saturated heterocycles. The summed E-state index contributed by atoms with van der Waals surface area (Å²) in [5.74, 6) is -1.64. The molecule has 0 aromatic heterocycles. The maximum absolute atomic E-state index is 13.3. The van der Waals surface area contributed by atoms with Crippen molar-refractivity contribution in [3.63, 3.8) is 0 Å². The molecule has 0 radical (unpaired) electrons. The largest absolute Gasteiger partial charge is 0.323 e. The third kappa shape index (κ3) is 1.24. The van der Waals surface area contributed by atoms with E-state index < -0.39 is 17.0 Å². The van der Waals surface area contributed by atoms with E-state index in [0.29, 0.717) is 12.0 Å². The zero-order valence-electron chi connectivity index (χ0n) is 8.53. The van der Waals surface area contributed by atoms with Crippen LogP contribution in [0.25, 0.3) is 0 Å². The first-order valence-electron chi connectivity index (χ1n) is 4.80. The minimum Gasteiger partial charge on any atom is -0.323 e. The Kier molecular flexibility index (Phi) is 2.03. The highest BCUT2D eigenvalue weighted by atomic mass is 19.1. The summed E-state index contributed by atoms with van der Waals surface area (Å²) in [5.41, 5.74) is -0.295. The molecule has 2 nitrogen and oxygen atoms in total. The van der Waals surface area contributed by atoms with Gasteiger partial charge in [-0.05, 0) is 25.0 Å². The number of carbonyl (C=O) groups excluding carboxylic acids is 1. The third-order valence-corrected chi connectivity index (χ3v) is 3.10. The number of hydrogen-bond acceptors (Lipinski definition) is 1. The number of hydrogen-bond donors (Lipinski definition) is 1. The summed E-state index contributed by atoms with van der Waals surface area (Å²) < 4.78 is 26.4. The van der Waals surface area contributed by atoms with Crippen LogP contribution in [0.2, 0.25) is 0 Å². The Balaban J connectivity index is 2.68. The molecule has 2 rings (SSSR count). The first kappa shape index (κ1) is 10.1. The summed E-state index contributed by atoms with van der Waals surface area (Å²) >= 11 is 0. The molecule has 1 aliphatic heterocycles. The van der Waals surface area contributed by atoms with E-state index in [9.17, 15) is 13.6 Å². The van der Waals surface area contributed by atoms with Gasteiger partial charge in [-0.15, -0.1) is 0 Å². The predicted octanol–water partition coefficient (Wildman–Crippen LogP) is 2.58. The first-order chi connectivity index (χ1) is 6.99. The quantitative estimate of drug-likeness (QED) is 0.760. The molecule has 0 spiro atoms. The molecular formula is C11H11F2NO. The number of halogens is 2. The van der Waals surface area contributed by atoms with Gasteiger partial charge in [-0.25, -0.2) is 8.78 Å². The van der Waals surface area contributed by atoms with Gasteiger partial charge in [0.25, 0.3) is 0 Å². The van der Waals surface area contributed by atoms with Crippen LogP contribution in [0.4, 0.5) is 14.5 Å². The molecule has 1 atom stereocenters. The second-order valence-electron chi connectivity index (χ2n) is 3.95. The summed E-state index contributed by atoms with van der Waals surface area (Å²) in [4.78, 5) is 11.6. The van der Waals surface area contributed by atoms with Crippen molar-refractivity contribution in [3.8, 4) is 0 Å². The van der Waals surface area contributed by atoms with E-state index in [-0.39, 0.29) is 11.6 Å². The molecule has 0 bridgehead atoms. The Morgan fingerprint density at radius 2 is 2.07 bits per heavy atom. The lowest BCUT2D eigenvalue weighted by atomic mass is 9.81. The molecule has 1 aromatic rings. The van der Waals surface area contributed by atoms with Gasteiger partial charge in [0.05, 0.1) is 11.1 Å². The zero-order valence-corrected chi connectivity index (χ0v) is 8.53. The zero-order chi connectivity index (χ0) is 11.2. The maximum Gasteiger partial charge on any atom is 0.234 e. The van der Waals surface area contributed by atoms with Crippen molar-refractivity contribution in [1.29, 1.82) is 0 Å². The molecule has 15 heavy (non-hydrogen) atoms. The lowest BCUT2D eigenvalue weighted by Gasteiger charge is -2.19. The van der Waals surface area contributed by atoms with Crippen LogP contribution >= 0.6 is 0 Å². The van der Waals surface area contributed by atoms with Gasteiger partial charge >= 0.3 is 0 Å². The molecule has 0 saturated carbocycles. The van der Waals surface area contributed by atoms with Crippen LogP contribution in [0.3, 0.4) is 0 Å². The standard InChI is InChI=1S/C11H11F2NO/c1-3-11(2)7-4-6(12)5-8(13)9(7)14-10(11)15/h4-5H,3H2,1-2H3,(H,14,15).